The first kappa shape index (κ1) is 22.5. The van der Waals surface area contributed by atoms with Crippen molar-refractivity contribution in [3.63, 3.8) is 0 Å². The largest absolute Gasteiger partial charge is 0.339 e. The quantitative estimate of drug-likeness (QED) is 0.370. The van der Waals surface area contributed by atoms with Crippen molar-refractivity contribution in [2.45, 2.75) is 110 Å². The minimum absolute atomic E-state index is 0.0546. The number of rotatable bonds is 0. The van der Waals surface area contributed by atoms with Crippen LogP contribution >= 0.6 is 0 Å². The van der Waals surface area contributed by atoms with Gasteiger partial charge < -0.3 is 9.47 Å². The van der Waals surface area contributed by atoms with Crippen LogP contribution < -0.4 is 0 Å². The van der Waals surface area contributed by atoms with Gasteiger partial charge in [0.15, 0.2) is 5.79 Å². The third-order valence-electron chi connectivity index (χ3n) is 6.73. The van der Waals surface area contributed by atoms with Crippen molar-refractivity contribution in [1.82, 2.24) is 0 Å². The minimum atomic E-state index is -1.68. The van der Waals surface area contributed by atoms with E-state index in [-0.39, 0.29) is 22.3 Å². The molecule has 150 valence electrons. The average Bonchev–Trinajstić information content (AvgIpc) is 2.70. The molecule has 1 saturated heterocycles. The molecule has 0 unspecified atom stereocenters. The van der Waals surface area contributed by atoms with Crippen molar-refractivity contribution in [1.29, 1.82) is 0 Å². The topological polar surface area (TPSA) is 18.5 Å². The van der Waals surface area contributed by atoms with E-state index in [0.29, 0.717) is 0 Å². The zero-order chi connectivity index (χ0) is 21.1. The highest BCUT2D eigenvalue weighted by Gasteiger charge is 2.52. The van der Waals surface area contributed by atoms with Crippen molar-refractivity contribution >= 4 is 16.1 Å². The van der Waals surface area contributed by atoms with E-state index in [1.165, 1.54) is 0 Å². The third kappa shape index (κ3) is 4.46. The monoisotopic (exact) mass is 402 g/mol. The van der Waals surface area contributed by atoms with Crippen LogP contribution in [0.15, 0.2) is 11.1 Å². The second-order valence-corrected chi connectivity index (χ2v) is 21.6. The lowest BCUT2D eigenvalue weighted by molar-refractivity contribution is -0.137. The lowest BCUT2D eigenvalue weighted by Crippen LogP contribution is -2.40. The summed E-state index contributed by atoms with van der Waals surface area (Å²) in [5.74, 6) is 6.43. The van der Waals surface area contributed by atoms with Crippen LogP contribution in [-0.4, -0.2) is 34.1 Å². The zero-order valence-corrected chi connectivity index (χ0v) is 21.5. The molecule has 0 aromatic carbocycles. The van der Waals surface area contributed by atoms with E-state index in [9.17, 15) is 0 Å². The van der Waals surface area contributed by atoms with E-state index in [4.69, 9.17) is 9.47 Å². The fourth-order valence-electron chi connectivity index (χ4n) is 2.49. The molecule has 0 spiro atoms. The first-order valence-corrected chi connectivity index (χ1v) is 16.0. The van der Waals surface area contributed by atoms with Crippen LogP contribution in [0.5, 0.6) is 0 Å². The fourth-order valence-corrected chi connectivity index (χ4v) is 4.14. The van der Waals surface area contributed by atoms with E-state index in [0.717, 1.165) is 11.1 Å². The molecule has 0 aromatic rings. The second kappa shape index (κ2) is 6.63. The molecule has 27 heavy (non-hydrogen) atoms. The maximum absolute atomic E-state index is 6.12. The Labute approximate surface area is 169 Å². The lowest BCUT2D eigenvalue weighted by atomic mass is 9.83. The first-order chi connectivity index (χ1) is 11.9. The Hall–Kier alpha value is -0.786. The van der Waals surface area contributed by atoms with Crippen LogP contribution in [0.1, 0.15) is 55.4 Å². The summed E-state index contributed by atoms with van der Waals surface area (Å²) in [6.45, 7) is 27.1. The van der Waals surface area contributed by atoms with Crippen molar-refractivity contribution in [2.24, 2.45) is 0 Å². The number of hydrogen-bond donors (Lipinski definition) is 0. The van der Waals surface area contributed by atoms with Crippen molar-refractivity contribution < 1.29 is 9.47 Å². The van der Waals surface area contributed by atoms with E-state index in [1.807, 2.05) is 13.8 Å². The molecular weight excluding hydrogens is 364 g/mol. The van der Waals surface area contributed by atoms with Gasteiger partial charge in [0, 0.05) is 11.1 Å². The number of fused-ring (bicyclic) bond motifs is 1. The molecule has 1 aliphatic carbocycles. The van der Waals surface area contributed by atoms with Gasteiger partial charge in [0.25, 0.3) is 0 Å². The van der Waals surface area contributed by atoms with Gasteiger partial charge in [-0.15, -0.1) is 11.1 Å². The summed E-state index contributed by atoms with van der Waals surface area (Å²) in [5, 5.41) is 0.478. The molecule has 2 aliphatic rings. The second-order valence-electron chi connectivity index (χ2n) is 11.6. The highest BCUT2D eigenvalue weighted by atomic mass is 28.3. The van der Waals surface area contributed by atoms with Gasteiger partial charge in [-0.1, -0.05) is 79.6 Å². The molecular formula is C23H38O2Si2. The van der Waals surface area contributed by atoms with E-state index in [1.54, 1.807) is 0 Å². The maximum atomic E-state index is 6.12. The molecule has 2 rings (SSSR count). The Bertz CT molecular complexity index is 702. The summed E-state index contributed by atoms with van der Waals surface area (Å²) in [6.07, 6.45) is -0.109. The number of hydrogen-bond acceptors (Lipinski definition) is 2. The standard InChI is InChI=1S/C23H38O2Si2/c1-21(2,3)26(9,10)15-13-17-18(14-16-27(11,12)22(4,5)6)20-19(17)24-23(7,8)25-20/h19-20H,1-12H3/t19-,20+. The smallest absolute Gasteiger partial charge is 0.164 e. The molecule has 1 aliphatic heterocycles. The molecule has 0 amide bonds. The highest BCUT2D eigenvalue weighted by Crippen LogP contribution is 2.45. The summed E-state index contributed by atoms with van der Waals surface area (Å²) in [5.41, 5.74) is 9.39. The summed E-state index contributed by atoms with van der Waals surface area (Å²) in [7, 11) is -3.36. The predicted octanol–water partition coefficient (Wildman–Crippen LogP) is 5.92. The molecule has 4 heteroatoms. The van der Waals surface area contributed by atoms with Crippen LogP contribution in [0.3, 0.4) is 0 Å². The lowest BCUT2D eigenvalue weighted by Gasteiger charge is -2.33. The fraction of sp³-hybridized carbons (Fsp3) is 0.739. The predicted molar refractivity (Wildman–Crippen MR) is 121 cm³/mol. The van der Waals surface area contributed by atoms with Crippen LogP contribution in [0.25, 0.3) is 0 Å². The molecule has 1 fully saturated rings. The van der Waals surface area contributed by atoms with Crippen LogP contribution in [0.4, 0.5) is 0 Å². The van der Waals surface area contributed by atoms with Crippen LogP contribution in [0.2, 0.25) is 36.3 Å². The van der Waals surface area contributed by atoms with Gasteiger partial charge in [0.1, 0.15) is 28.4 Å². The van der Waals surface area contributed by atoms with E-state index >= 15 is 0 Å². The van der Waals surface area contributed by atoms with E-state index in [2.05, 4.69) is 90.7 Å². The summed E-state index contributed by atoms with van der Waals surface area (Å²) in [4.78, 5) is 0. The molecule has 2 nitrogen and oxygen atoms in total. The Morgan fingerprint density at radius 2 is 1.00 bits per heavy atom. The summed E-state index contributed by atoms with van der Waals surface area (Å²) >= 11 is 0. The molecule has 0 saturated carbocycles. The van der Waals surface area contributed by atoms with Gasteiger partial charge in [0.2, 0.25) is 0 Å². The molecule has 1 heterocycles. The summed E-state index contributed by atoms with van der Waals surface area (Å²) in [6, 6.07) is 0. The Morgan fingerprint density at radius 3 is 1.26 bits per heavy atom. The first-order valence-electron chi connectivity index (χ1n) is 10.0. The molecule has 0 bridgehead atoms. The Balaban J connectivity index is 2.45. The van der Waals surface area contributed by atoms with Crippen molar-refractivity contribution in [3.05, 3.63) is 11.1 Å². The summed E-state index contributed by atoms with van der Waals surface area (Å²) < 4.78 is 12.2. The number of ether oxygens (including phenoxy) is 2. The van der Waals surface area contributed by atoms with Gasteiger partial charge in [0.05, 0.1) is 0 Å². The van der Waals surface area contributed by atoms with Crippen molar-refractivity contribution in [3.8, 4) is 22.9 Å². The Kier molecular flexibility index (Phi) is 5.53. The minimum Gasteiger partial charge on any atom is -0.339 e. The van der Waals surface area contributed by atoms with Gasteiger partial charge in [-0.05, 0) is 23.9 Å². The van der Waals surface area contributed by atoms with Crippen LogP contribution in [0, 0.1) is 22.9 Å². The third-order valence-corrected chi connectivity index (χ3v) is 15.7. The molecule has 0 aromatic heterocycles. The van der Waals surface area contributed by atoms with Gasteiger partial charge in [-0.2, -0.15) is 0 Å². The SMILES string of the molecule is CC1(C)O[C@@H]2C(C#C[Si](C)(C)C(C)(C)C)=C(C#C[Si](C)(C)C(C)(C)C)[C@@H]2O1. The highest BCUT2D eigenvalue weighted by molar-refractivity contribution is 6.88. The van der Waals surface area contributed by atoms with E-state index < -0.39 is 21.9 Å². The molecule has 2 atom stereocenters. The van der Waals surface area contributed by atoms with Crippen molar-refractivity contribution in [2.75, 3.05) is 0 Å². The zero-order valence-electron chi connectivity index (χ0n) is 19.5. The average molecular weight is 403 g/mol. The normalized spacial score (nSPS) is 25.0. The Morgan fingerprint density at radius 1 is 0.704 bits per heavy atom. The van der Waals surface area contributed by atoms with Gasteiger partial charge in [-0.25, -0.2) is 0 Å². The molecule has 0 radical (unpaired) electrons. The molecule has 0 N–H and O–H groups in total. The van der Waals surface area contributed by atoms with Gasteiger partial charge in [-0.3, -0.25) is 0 Å². The maximum Gasteiger partial charge on any atom is 0.164 e. The van der Waals surface area contributed by atoms with Crippen LogP contribution in [-0.2, 0) is 9.47 Å². The van der Waals surface area contributed by atoms with Gasteiger partial charge >= 0.3 is 0 Å².